The average Bonchev–Trinajstić information content (AvgIpc) is 2.97. The van der Waals surface area contributed by atoms with Crippen LogP contribution in [0.1, 0.15) is 17.5 Å². The van der Waals surface area contributed by atoms with Crippen molar-refractivity contribution in [2.75, 3.05) is 13.7 Å². The van der Waals surface area contributed by atoms with Crippen LogP contribution in [0.4, 0.5) is 13.2 Å². The van der Waals surface area contributed by atoms with Crippen molar-refractivity contribution < 1.29 is 31.9 Å². The smallest absolute Gasteiger partial charge is 0.374 e. The molecule has 1 heterocycles. The highest BCUT2D eigenvalue weighted by Gasteiger charge is 2.29. The Morgan fingerprint density at radius 2 is 1.92 bits per heavy atom. The first kappa shape index (κ1) is 18.1. The molecule has 8 heteroatoms. The number of methoxy groups -OCH3 is 1. The van der Waals surface area contributed by atoms with Gasteiger partial charge in [-0.05, 0) is 25.1 Å². The predicted octanol–water partition coefficient (Wildman–Crippen LogP) is 5.36. The second kappa shape index (κ2) is 6.92. The van der Waals surface area contributed by atoms with Gasteiger partial charge in [0.25, 0.3) is 0 Å². The SMILES string of the molecule is CCOC(=O)c1oc2cc(Cl)ccc2c1-c1cc(F)c(F)c(OC)c1F. The van der Waals surface area contributed by atoms with Gasteiger partial charge in [0.15, 0.2) is 17.4 Å². The number of rotatable bonds is 4. The summed E-state index contributed by atoms with van der Waals surface area (Å²) >= 11 is 5.91. The molecule has 0 bridgehead atoms. The summed E-state index contributed by atoms with van der Waals surface area (Å²) in [6, 6.07) is 5.02. The normalized spacial score (nSPS) is 11.0. The van der Waals surface area contributed by atoms with Gasteiger partial charge in [0, 0.05) is 27.6 Å². The molecule has 0 spiro atoms. The summed E-state index contributed by atoms with van der Waals surface area (Å²) in [6.07, 6.45) is 0. The molecule has 0 saturated carbocycles. The molecule has 3 rings (SSSR count). The summed E-state index contributed by atoms with van der Waals surface area (Å²) in [6.45, 7) is 1.62. The van der Waals surface area contributed by atoms with Gasteiger partial charge in [0.2, 0.25) is 11.6 Å². The van der Waals surface area contributed by atoms with Gasteiger partial charge in [-0.25, -0.2) is 13.6 Å². The maximum atomic E-state index is 14.8. The van der Waals surface area contributed by atoms with Crippen LogP contribution in [0.5, 0.6) is 5.75 Å². The molecule has 0 atom stereocenters. The summed E-state index contributed by atoms with van der Waals surface area (Å²) in [5, 5.41) is 0.598. The third-order valence-corrected chi connectivity index (χ3v) is 3.94. The van der Waals surface area contributed by atoms with Gasteiger partial charge >= 0.3 is 5.97 Å². The fourth-order valence-corrected chi connectivity index (χ4v) is 2.78. The van der Waals surface area contributed by atoms with Crippen LogP contribution in [-0.2, 0) is 4.74 Å². The Balaban J connectivity index is 2.39. The van der Waals surface area contributed by atoms with E-state index >= 15 is 0 Å². The monoisotopic (exact) mass is 384 g/mol. The second-order valence-electron chi connectivity index (χ2n) is 5.23. The Morgan fingerprint density at radius 3 is 2.58 bits per heavy atom. The van der Waals surface area contributed by atoms with E-state index in [1.165, 1.54) is 18.2 Å². The van der Waals surface area contributed by atoms with E-state index in [-0.39, 0.29) is 28.9 Å². The van der Waals surface area contributed by atoms with E-state index in [4.69, 9.17) is 20.8 Å². The maximum absolute atomic E-state index is 14.8. The number of hydrogen-bond acceptors (Lipinski definition) is 4. The van der Waals surface area contributed by atoms with Gasteiger partial charge in [0.05, 0.1) is 13.7 Å². The number of furan rings is 1. The highest BCUT2D eigenvalue weighted by atomic mass is 35.5. The molecule has 26 heavy (non-hydrogen) atoms. The molecule has 0 unspecified atom stereocenters. The van der Waals surface area contributed by atoms with Crippen LogP contribution in [0.3, 0.4) is 0 Å². The van der Waals surface area contributed by atoms with E-state index < -0.39 is 34.7 Å². The average molecular weight is 385 g/mol. The summed E-state index contributed by atoms with van der Waals surface area (Å²) in [7, 11) is 1.00. The topological polar surface area (TPSA) is 48.7 Å². The van der Waals surface area contributed by atoms with E-state index in [0.29, 0.717) is 11.1 Å². The van der Waals surface area contributed by atoms with Gasteiger partial charge in [-0.3, -0.25) is 0 Å². The number of ether oxygens (including phenoxy) is 2. The number of hydrogen-bond donors (Lipinski definition) is 0. The Morgan fingerprint density at radius 1 is 1.19 bits per heavy atom. The van der Waals surface area contributed by atoms with Crippen LogP contribution < -0.4 is 4.74 Å². The van der Waals surface area contributed by atoms with Crippen molar-refractivity contribution in [3.8, 4) is 16.9 Å². The highest BCUT2D eigenvalue weighted by Crippen LogP contribution is 2.41. The van der Waals surface area contributed by atoms with Crippen molar-refractivity contribution in [3.63, 3.8) is 0 Å². The molecule has 136 valence electrons. The van der Waals surface area contributed by atoms with Crippen molar-refractivity contribution in [1.29, 1.82) is 0 Å². The standard InChI is InChI=1S/C18H12ClF3O4/c1-3-25-18(23)16-13(9-5-4-8(19)6-12(9)26-16)10-7-11(20)15(22)17(24-2)14(10)21/h4-7H,3H2,1-2H3. The van der Waals surface area contributed by atoms with Crippen LogP contribution >= 0.6 is 11.6 Å². The summed E-state index contributed by atoms with van der Waals surface area (Å²) < 4.78 is 57.5. The van der Waals surface area contributed by atoms with E-state index in [1.54, 1.807) is 6.92 Å². The van der Waals surface area contributed by atoms with Crippen LogP contribution in [-0.4, -0.2) is 19.7 Å². The van der Waals surface area contributed by atoms with Gasteiger partial charge in [-0.2, -0.15) is 4.39 Å². The quantitative estimate of drug-likeness (QED) is 0.449. The van der Waals surface area contributed by atoms with Crippen molar-refractivity contribution in [3.05, 3.63) is 52.5 Å². The Bertz CT molecular complexity index is 1010. The zero-order chi connectivity index (χ0) is 19.0. The molecule has 0 aliphatic heterocycles. The zero-order valence-electron chi connectivity index (χ0n) is 13.7. The van der Waals surface area contributed by atoms with E-state index in [9.17, 15) is 18.0 Å². The number of carbonyl (C=O) groups is 1. The molecule has 2 aromatic carbocycles. The number of benzene rings is 2. The molecule has 3 aromatic rings. The molecule has 0 aliphatic rings. The lowest BCUT2D eigenvalue weighted by Crippen LogP contribution is -2.06. The van der Waals surface area contributed by atoms with Crippen LogP contribution in [0.15, 0.2) is 28.7 Å². The van der Waals surface area contributed by atoms with E-state index in [0.717, 1.165) is 7.11 Å². The molecular weight excluding hydrogens is 373 g/mol. The first-order valence-corrected chi connectivity index (χ1v) is 7.87. The zero-order valence-corrected chi connectivity index (χ0v) is 14.4. The fraction of sp³-hybridized carbons (Fsp3) is 0.167. The van der Waals surface area contributed by atoms with Crippen molar-refractivity contribution in [2.45, 2.75) is 6.92 Å². The number of esters is 1. The van der Waals surface area contributed by atoms with E-state index in [1.807, 2.05) is 0 Å². The third-order valence-electron chi connectivity index (χ3n) is 3.70. The molecule has 0 aliphatic carbocycles. The molecule has 0 amide bonds. The molecular formula is C18H12ClF3O4. The Labute approximate surface area is 151 Å². The Hall–Kier alpha value is -2.67. The van der Waals surface area contributed by atoms with Crippen LogP contribution in [0.2, 0.25) is 5.02 Å². The molecule has 0 fully saturated rings. The summed E-state index contributed by atoms with van der Waals surface area (Å²) in [5.74, 6) is -6.11. The van der Waals surface area contributed by atoms with E-state index in [2.05, 4.69) is 4.74 Å². The minimum Gasteiger partial charge on any atom is -0.491 e. The number of halogens is 4. The van der Waals surface area contributed by atoms with Gasteiger partial charge < -0.3 is 13.9 Å². The van der Waals surface area contributed by atoms with Gasteiger partial charge in [-0.1, -0.05) is 11.6 Å². The van der Waals surface area contributed by atoms with Crippen LogP contribution in [0.25, 0.3) is 22.1 Å². The van der Waals surface area contributed by atoms with Crippen molar-refractivity contribution in [1.82, 2.24) is 0 Å². The Kier molecular flexibility index (Phi) is 4.82. The third kappa shape index (κ3) is 2.88. The lowest BCUT2D eigenvalue weighted by atomic mass is 10.0. The van der Waals surface area contributed by atoms with Crippen molar-refractivity contribution in [2.24, 2.45) is 0 Å². The first-order chi connectivity index (χ1) is 12.4. The molecule has 4 nitrogen and oxygen atoms in total. The first-order valence-electron chi connectivity index (χ1n) is 7.50. The molecule has 0 radical (unpaired) electrons. The second-order valence-corrected chi connectivity index (χ2v) is 5.67. The van der Waals surface area contributed by atoms with Crippen molar-refractivity contribution >= 4 is 28.5 Å². The lowest BCUT2D eigenvalue weighted by molar-refractivity contribution is 0.0494. The summed E-state index contributed by atoms with van der Waals surface area (Å²) in [4.78, 5) is 12.2. The lowest BCUT2D eigenvalue weighted by Gasteiger charge is -2.10. The van der Waals surface area contributed by atoms with Gasteiger partial charge in [-0.15, -0.1) is 0 Å². The minimum absolute atomic E-state index is 0.0413. The largest absolute Gasteiger partial charge is 0.491 e. The van der Waals surface area contributed by atoms with Gasteiger partial charge in [0.1, 0.15) is 5.58 Å². The molecule has 0 saturated heterocycles. The number of fused-ring (bicyclic) bond motifs is 1. The minimum atomic E-state index is -1.47. The highest BCUT2D eigenvalue weighted by molar-refractivity contribution is 6.31. The fourth-order valence-electron chi connectivity index (χ4n) is 2.62. The molecule has 1 aromatic heterocycles. The predicted molar refractivity (Wildman–Crippen MR) is 89.0 cm³/mol. The number of carbonyl (C=O) groups excluding carboxylic acids is 1. The maximum Gasteiger partial charge on any atom is 0.374 e. The molecule has 0 N–H and O–H groups in total. The van der Waals surface area contributed by atoms with Crippen LogP contribution in [0, 0.1) is 17.5 Å². The summed E-state index contributed by atoms with van der Waals surface area (Å²) in [5.41, 5.74) is -0.312.